The van der Waals surface area contributed by atoms with Crippen molar-refractivity contribution in [2.75, 3.05) is 57.4 Å². The van der Waals surface area contributed by atoms with Crippen molar-refractivity contribution in [2.45, 2.75) is 18.9 Å². The van der Waals surface area contributed by atoms with Crippen LogP contribution < -0.4 is 4.90 Å². The normalized spacial score (nSPS) is 24.8. The first-order valence-corrected chi connectivity index (χ1v) is 7.85. The monoisotopic (exact) mass is 292 g/mol. The lowest BCUT2D eigenvalue weighted by molar-refractivity contribution is -0.0925. The molecular formula is C15H24N4O2. The third-order valence-electron chi connectivity index (χ3n) is 4.08. The smallest absolute Gasteiger partial charge is 0.225 e. The Kier molecular flexibility index (Phi) is 5.37. The fourth-order valence-corrected chi connectivity index (χ4v) is 2.88. The van der Waals surface area contributed by atoms with Crippen LogP contribution in [0.1, 0.15) is 12.8 Å². The van der Waals surface area contributed by atoms with Crippen molar-refractivity contribution in [1.29, 1.82) is 0 Å². The summed E-state index contributed by atoms with van der Waals surface area (Å²) in [6.07, 6.45) is 6.11. The molecule has 6 heteroatoms. The highest BCUT2D eigenvalue weighted by Crippen LogP contribution is 2.12. The average Bonchev–Trinajstić information content (AvgIpc) is 2.80. The second-order valence-corrected chi connectivity index (χ2v) is 5.59. The highest BCUT2D eigenvalue weighted by atomic mass is 16.6. The van der Waals surface area contributed by atoms with Crippen molar-refractivity contribution < 1.29 is 9.47 Å². The van der Waals surface area contributed by atoms with Gasteiger partial charge >= 0.3 is 0 Å². The van der Waals surface area contributed by atoms with Gasteiger partial charge in [0.2, 0.25) is 5.95 Å². The lowest BCUT2D eigenvalue weighted by Crippen LogP contribution is -2.36. The Morgan fingerprint density at radius 1 is 1.10 bits per heavy atom. The molecule has 3 rings (SSSR count). The molecule has 2 saturated heterocycles. The maximum atomic E-state index is 5.71. The molecule has 0 amide bonds. The van der Waals surface area contributed by atoms with Crippen LogP contribution in [-0.4, -0.2) is 73.5 Å². The molecule has 2 fully saturated rings. The molecule has 3 heterocycles. The van der Waals surface area contributed by atoms with E-state index in [1.165, 1.54) is 0 Å². The van der Waals surface area contributed by atoms with Crippen LogP contribution >= 0.6 is 0 Å². The van der Waals surface area contributed by atoms with Gasteiger partial charge in [0.1, 0.15) is 0 Å². The van der Waals surface area contributed by atoms with E-state index in [9.17, 15) is 0 Å². The van der Waals surface area contributed by atoms with Gasteiger partial charge in [-0.05, 0) is 25.5 Å². The summed E-state index contributed by atoms with van der Waals surface area (Å²) in [5.74, 6) is 0.850. The van der Waals surface area contributed by atoms with Crippen molar-refractivity contribution >= 4 is 5.95 Å². The molecule has 2 aliphatic heterocycles. The highest BCUT2D eigenvalue weighted by Gasteiger charge is 2.19. The van der Waals surface area contributed by atoms with Crippen LogP contribution in [-0.2, 0) is 9.47 Å². The molecule has 6 nitrogen and oxygen atoms in total. The summed E-state index contributed by atoms with van der Waals surface area (Å²) in [7, 11) is 0. The van der Waals surface area contributed by atoms with E-state index in [-0.39, 0.29) is 6.10 Å². The standard InChI is InChI=1S/C15H24N4O2/c1-4-16-15(17-5-1)19-7-2-6-18(9-10-19)8-3-14-13-20-11-12-21-14/h1,4-5,14H,2-3,6-13H2. The van der Waals surface area contributed by atoms with Gasteiger partial charge in [0.05, 0.1) is 25.9 Å². The second kappa shape index (κ2) is 7.68. The molecule has 0 saturated carbocycles. The average molecular weight is 292 g/mol. The van der Waals surface area contributed by atoms with Gasteiger partial charge in [-0.15, -0.1) is 0 Å². The first-order valence-electron chi connectivity index (χ1n) is 7.85. The van der Waals surface area contributed by atoms with Crippen molar-refractivity contribution in [3.8, 4) is 0 Å². The molecule has 2 aliphatic rings. The maximum absolute atomic E-state index is 5.71. The number of hydrogen-bond donors (Lipinski definition) is 0. The number of anilines is 1. The third kappa shape index (κ3) is 4.36. The number of nitrogens with zero attached hydrogens (tertiary/aromatic N) is 4. The van der Waals surface area contributed by atoms with Crippen molar-refractivity contribution in [2.24, 2.45) is 0 Å². The van der Waals surface area contributed by atoms with Crippen LogP contribution in [0.15, 0.2) is 18.5 Å². The van der Waals surface area contributed by atoms with E-state index in [0.29, 0.717) is 0 Å². The number of rotatable bonds is 4. The molecule has 0 aliphatic carbocycles. The summed E-state index contributed by atoms with van der Waals surface area (Å²) in [5.41, 5.74) is 0. The summed E-state index contributed by atoms with van der Waals surface area (Å²) in [4.78, 5) is 13.5. The Morgan fingerprint density at radius 3 is 2.81 bits per heavy atom. The van der Waals surface area contributed by atoms with E-state index < -0.39 is 0 Å². The van der Waals surface area contributed by atoms with E-state index in [2.05, 4.69) is 19.8 Å². The fraction of sp³-hybridized carbons (Fsp3) is 0.733. The van der Waals surface area contributed by atoms with E-state index in [4.69, 9.17) is 9.47 Å². The lowest BCUT2D eigenvalue weighted by Gasteiger charge is -2.26. The molecule has 0 aromatic carbocycles. The minimum atomic E-state index is 0.274. The predicted molar refractivity (Wildman–Crippen MR) is 80.5 cm³/mol. The summed E-state index contributed by atoms with van der Waals surface area (Å²) in [5, 5.41) is 0. The van der Waals surface area contributed by atoms with Gasteiger partial charge in [0, 0.05) is 38.6 Å². The Labute approximate surface area is 126 Å². The molecule has 0 bridgehead atoms. The first kappa shape index (κ1) is 14.7. The van der Waals surface area contributed by atoms with Crippen molar-refractivity contribution in [3.63, 3.8) is 0 Å². The second-order valence-electron chi connectivity index (χ2n) is 5.59. The SMILES string of the molecule is c1cnc(N2CCCN(CCC3COCCO3)CC2)nc1. The van der Waals surface area contributed by atoms with Crippen LogP contribution in [0.3, 0.4) is 0 Å². The number of ether oxygens (including phenoxy) is 2. The lowest BCUT2D eigenvalue weighted by atomic mass is 10.2. The molecule has 21 heavy (non-hydrogen) atoms. The summed E-state index contributed by atoms with van der Waals surface area (Å²) >= 11 is 0. The van der Waals surface area contributed by atoms with E-state index >= 15 is 0 Å². The van der Waals surface area contributed by atoms with Gasteiger partial charge < -0.3 is 19.3 Å². The van der Waals surface area contributed by atoms with Crippen molar-refractivity contribution in [3.05, 3.63) is 18.5 Å². The number of hydrogen-bond acceptors (Lipinski definition) is 6. The number of aromatic nitrogens is 2. The van der Waals surface area contributed by atoms with Crippen LogP contribution in [0.4, 0.5) is 5.95 Å². The zero-order valence-corrected chi connectivity index (χ0v) is 12.5. The van der Waals surface area contributed by atoms with E-state index in [1.54, 1.807) is 0 Å². The Morgan fingerprint density at radius 2 is 2.00 bits per heavy atom. The van der Waals surface area contributed by atoms with Gasteiger partial charge in [-0.25, -0.2) is 9.97 Å². The minimum Gasteiger partial charge on any atom is -0.376 e. The van der Waals surface area contributed by atoms with Crippen LogP contribution in [0.2, 0.25) is 0 Å². The third-order valence-corrected chi connectivity index (χ3v) is 4.08. The van der Waals surface area contributed by atoms with Crippen LogP contribution in [0.5, 0.6) is 0 Å². The predicted octanol–water partition coefficient (Wildman–Crippen LogP) is 0.794. The van der Waals surface area contributed by atoms with Gasteiger partial charge in [-0.1, -0.05) is 0 Å². The zero-order valence-electron chi connectivity index (χ0n) is 12.5. The molecular weight excluding hydrogens is 268 g/mol. The van der Waals surface area contributed by atoms with Crippen LogP contribution in [0.25, 0.3) is 0 Å². The summed E-state index contributed by atoms with van der Waals surface area (Å²) < 4.78 is 11.2. The van der Waals surface area contributed by atoms with E-state index in [0.717, 1.165) is 71.3 Å². The highest BCUT2D eigenvalue weighted by molar-refractivity contribution is 5.28. The van der Waals surface area contributed by atoms with Crippen LogP contribution in [0, 0.1) is 0 Å². The molecule has 0 N–H and O–H groups in total. The summed E-state index contributed by atoms with van der Waals surface area (Å²) in [6, 6.07) is 1.86. The largest absolute Gasteiger partial charge is 0.376 e. The van der Waals surface area contributed by atoms with Gasteiger partial charge in [-0.3, -0.25) is 0 Å². The maximum Gasteiger partial charge on any atom is 0.225 e. The molecule has 116 valence electrons. The molecule has 1 aromatic rings. The Hall–Kier alpha value is -1.24. The van der Waals surface area contributed by atoms with Crippen molar-refractivity contribution in [1.82, 2.24) is 14.9 Å². The van der Waals surface area contributed by atoms with E-state index in [1.807, 2.05) is 18.5 Å². The summed E-state index contributed by atoms with van der Waals surface area (Å²) in [6.45, 7) is 7.53. The van der Waals surface area contributed by atoms with Gasteiger partial charge in [-0.2, -0.15) is 0 Å². The topological polar surface area (TPSA) is 50.7 Å². The Bertz CT molecular complexity index is 411. The zero-order chi connectivity index (χ0) is 14.3. The molecule has 0 spiro atoms. The quantitative estimate of drug-likeness (QED) is 0.818. The molecule has 0 radical (unpaired) electrons. The Balaban J connectivity index is 1.44. The van der Waals surface area contributed by atoms with Gasteiger partial charge in [0.15, 0.2) is 0 Å². The molecule has 1 unspecified atom stereocenters. The van der Waals surface area contributed by atoms with Gasteiger partial charge in [0.25, 0.3) is 0 Å². The molecule has 1 atom stereocenters. The fourth-order valence-electron chi connectivity index (χ4n) is 2.88. The molecule has 1 aromatic heterocycles. The first-order chi connectivity index (χ1) is 10.4. The minimum absolute atomic E-state index is 0.274.